The fourth-order valence-corrected chi connectivity index (χ4v) is 2.26. The predicted molar refractivity (Wildman–Crippen MR) is 58.8 cm³/mol. The molecule has 0 saturated heterocycles. The molecule has 1 aliphatic rings. The maximum atomic E-state index is 2.36. The lowest BCUT2D eigenvalue weighted by Crippen LogP contribution is -2.22. The molecule has 0 amide bonds. The summed E-state index contributed by atoms with van der Waals surface area (Å²) >= 11 is 0. The zero-order chi connectivity index (χ0) is 9.03. The van der Waals surface area contributed by atoms with E-state index in [-0.39, 0.29) is 0 Å². The van der Waals surface area contributed by atoms with Gasteiger partial charge in [0.2, 0.25) is 0 Å². The van der Waals surface area contributed by atoms with E-state index in [0.717, 1.165) is 0 Å². The molecule has 0 nitrogen and oxygen atoms in total. The molecule has 1 aliphatic carbocycles. The van der Waals surface area contributed by atoms with Crippen LogP contribution in [0.25, 0.3) is 0 Å². The van der Waals surface area contributed by atoms with Crippen LogP contribution in [0.5, 0.6) is 0 Å². The summed E-state index contributed by atoms with van der Waals surface area (Å²) in [6, 6.07) is 0. The Morgan fingerprint density at radius 1 is 0.833 bits per heavy atom. The van der Waals surface area contributed by atoms with Gasteiger partial charge in [-0.1, -0.05) is 67.4 Å². The number of rotatable bonds is 1. The van der Waals surface area contributed by atoms with E-state index in [1.807, 2.05) is 6.08 Å². The van der Waals surface area contributed by atoms with Crippen molar-refractivity contribution in [1.29, 1.82) is 0 Å². The van der Waals surface area contributed by atoms with Gasteiger partial charge < -0.3 is 0 Å². The fraction of sp³-hybridized carbons (Fsp3) is 0.273. The molecule has 64 valence electrons. The molecule has 0 heterocycles. The van der Waals surface area contributed by atoms with E-state index in [4.69, 9.17) is 0 Å². The average molecular weight is 176 g/mol. The Labute approximate surface area is 76.0 Å². The number of hydrogen-bond donors (Lipinski definition) is 0. The van der Waals surface area contributed by atoms with Crippen molar-refractivity contribution in [2.75, 3.05) is 0 Å². The summed E-state index contributed by atoms with van der Waals surface area (Å²) in [6.07, 6.45) is 14.9. The van der Waals surface area contributed by atoms with Crippen LogP contribution in [0.3, 0.4) is 0 Å². The largest absolute Gasteiger partial charge is 0.0775 e. The lowest BCUT2D eigenvalue weighted by atomic mass is 10.3. The van der Waals surface area contributed by atoms with Gasteiger partial charge in [0.1, 0.15) is 0 Å². The van der Waals surface area contributed by atoms with Crippen molar-refractivity contribution in [2.24, 2.45) is 0 Å². The van der Waals surface area contributed by atoms with E-state index in [0.29, 0.717) is 0 Å². The van der Waals surface area contributed by atoms with Crippen LogP contribution in [0.15, 0.2) is 47.7 Å². The number of allylic oxidation sites excluding steroid dienone is 8. The molecule has 0 aromatic rings. The van der Waals surface area contributed by atoms with Gasteiger partial charge >= 0.3 is 0 Å². The monoisotopic (exact) mass is 176 g/mol. The van der Waals surface area contributed by atoms with Crippen molar-refractivity contribution in [3.63, 3.8) is 0 Å². The molecular formula is C11H16Si. The van der Waals surface area contributed by atoms with Crippen LogP contribution in [0.1, 0.15) is 0 Å². The van der Waals surface area contributed by atoms with Crippen molar-refractivity contribution in [1.82, 2.24) is 0 Å². The van der Waals surface area contributed by atoms with E-state index < -0.39 is 8.07 Å². The quantitative estimate of drug-likeness (QED) is 0.537. The Morgan fingerprint density at radius 2 is 1.42 bits per heavy atom. The second kappa shape index (κ2) is 3.72. The van der Waals surface area contributed by atoms with E-state index in [1.165, 1.54) is 5.20 Å². The van der Waals surface area contributed by atoms with Gasteiger partial charge in [0, 0.05) is 0 Å². The summed E-state index contributed by atoms with van der Waals surface area (Å²) < 4.78 is 0. The molecule has 0 fully saturated rings. The van der Waals surface area contributed by atoms with Gasteiger partial charge in [-0.3, -0.25) is 0 Å². The van der Waals surface area contributed by atoms with Gasteiger partial charge in [0.05, 0.1) is 8.07 Å². The molecule has 0 aromatic heterocycles. The SMILES string of the molecule is C[Si](C)(C)C1=CC=CC=CC=C1. The molecule has 0 radical (unpaired) electrons. The summed E-state index contributed by atoms with van der Waals surface area (Å²) in [6.45, 7) is 7.09. The van der Waals surface area contributed by atoms with Gasteiger partial charge in [-0.25, -0.2) is 0 Å². The normalized spacial score (nSPS) is 17.1. The highest BCUT2D eigenvalue weighted by atomic mass is 28.3. The minimum Gasteiger partial charge on any atom is -0.0656 e. The standard InChI is InChI=1S/C11H16Si/c1-12(2,3)11-9-7-5-4-6-8-10-11/h4-10H,1-3H3. The molecule has 0 bridgehead atoms. The molecule has 1 heteroatoms. The van der Waals surface area contributed by atoms with Crippen molar-refractivity contribution in [2.45, 2.75) is 19.6 Å². The summed E-state index contributed by atoms with van der Waals surface area (Å²) in [4.78, 5) is 0. The molecule has 0 unspecified atom stereocenters. The summed E-state index contributed by atoms with van der Waals surface area (Å²) in [5.74, 6) is 0. The smallest absolute Gasteiger partial charge is 0.0656 e. The Hall–Kier alpha value is -0.823. The fourth-order valence-electron chi connectivity index (χ4n) is 1.07. The van der Waals surface area contributed by atoms with Crippen LogP contribution < -0.4 is 0 Å². The first-order valence-electron chi connectivity index (χ1n) is 4.33. The van der Waals surface area contributed by atoms with Crippen LogP contribution in [0.2, 0.25) is 19.6 Å². The van der Waals surface area contributed by atoms with E-state index in [9.17, 15) is 0 Å². The summed E-state index contributed by atoms with van der Waals surface area (Å²) in [5, 5.41) is 1.50. The summed E-state index contributed by atoms with van der Waals surface area (Å²) in [5.41, 5.74) is 0. The maximum Gasteiger partial charge on any atom is 0.0775 e. The van der Waals surface area contributed by atoms with E-state index >= 15 is 0 Å². The topological polar surface area (TPSA) is 0 Å². The summed E-state index contributed by atoms with van der Waals surface area (Å²) in [7, 11) is -1.12. The van der Waals surface area contributed by atoms with Gasteiger partial charge in [0.15, 0.2) is 0 Å². The highest BCUT2D eigenvalue weighted by molar-refractivity contribution is 6.83. The molecular weight excluding hydrogens is 160 g/mol. The lowest BCUT2D eigenvalue weighted by molar-refractivity contribution is 1.63. The third-order valence-electron chi connectivity index (χ3n) is 1.86. The molecule has 0 aliphatic heterocycles. The van der Waals surface area contributed by atoms with Crippen molar-refractivity contribution in [3.05, 3.63) is 47.7 Å². The third kappa shape index (κ3) is 2.66. The Balaban J connectivity index is 2.90. The lowest BCUT2D eigenvalue weighted by Gasteiger charge is -2.17. The highest BCUT2D eigenvalue weighted by Gasteiger charge is 2.16. The molecule has 0 aromatic carbocycles. The second-order valence-electron chi connectivity index (χ2n) is 4.00. The predicted octanol–water partition coefficient (Wildman–Crippen LogP) is 3.47. The molecule has 0 atom stereocenters. The molecule has 0 saturated carbocycles. The molecule has 0 spiro atoms. The maximum absolute atomic E-state index is 2.36. The van der Waals surface area contributed by atoms with Crippen molar-refractivity contribution >= 4 is 8.07 Å². The van der Waals surface area contributed by atoms with Crippen LogP contribution in [-0.2, 0) is 0 Å². The van der Waals surface area contributed by atoms with Gasteiger partial charge in [-0.05, 0) is 0 Å². The first-order valence-corrected chi connectivity index (χ1v) is 7.83. The zero-order valence-corrected chi connectivity index (χ0v) is 9.04. The average Bonchev–Trinajstić information content (AvgIpc) is 1.81. The Morgan fingerprint density at radius 3 is 2.08 bits per heavy atom. The minimum atomic E-state index is -1.12. The van der Waals surface area contributed by atoms with Crippen molar-refractivity contribution < 1.29 is 0 Å². The van der Waals surface area contributed by atoms with E-state index in [1.54, 1.807) is 0 Å². The first-order chi connectivity index (χ1) is 5.61. The molecule has 12 heavy (non-hydrogen) atoms. The van der Waals surface area contributed by atoms with Gasteiger partial charge in [-0.15, -0.1) is 0 Å². The zero-order valence-electron chi connectivity index (χ0n) is 8.04. The minimum absolute atomic E-state index is 1.12. The van der Waals surface area contributed by atoms with Crippen LogP contribution in [0.4, 0.5) is 0 Å². The molecule has 0 N–H and O–H groups in total. The van der Waals surface area contributed by atoms with Crippen LogP contribution in [0, 0.1) is 0 Å². The Kier molecular flexibility index (Phi) is 2.87. The van der Waals surface area contributed by atoms with Gasteiger partial charge in [-0.2, -0.15) is 0 Å². The second-order valence-corrected chi connectivity index (χ2v) is 9.08. The van der Waals surface area contributed by atoms with Crippen LogP contribution in [-0.4, -0.2) is 8.07 Å². The highest BCUT2D eigenvalue weighted by Crippen LogP contribution is 2.16. The number of hydrogen-bond acceptors (Lipinski definition) is 0. The molecule has 1 rings (SSSR count). The van der Waals surface area contributed by atoms with Crippen LogP contribution >= 0.6 is 0 Å². The third-order valence-corrected chi connectivity index (χ3v) is 3.93. The van der Waals surface area contributed by atoms with E-state index in [2.05, 4.69) is 56.1 Å². The Bertz CT molecular complexity index is 259. The van der Waals surface area contributed by atoms with Gasteiger partial charge in [0.25, 0.3) is 0 Å². The van der Waals surface area contributed by atoms with Crippen molar-refractivity contribution in [3.8, 4) is 0 Å². The first kappa shape index (κ1) is 9.27.